The SMILES string of the molecule is CCCc1nc(Cl)cc(N2CC(C(N)=O)CCC2C)n1. The van der Waals surface area contributed by atoms with Crippen LogP contribution >= 0.6 is 11.6 Å². The topological polar surface area (TPSA) is 72.1 Å². The Bertz CT molecular complexity index is 494. The summed E-state index contributed by atoms with van der Waals surface area (Å²) in [4.78, 5) is 22.3. The minimum Gasteiger partial charge on any atom is -0.369 e. The third-order valence-corrected chi connectivity index (χ3v) is 3.97. The highest BCUT2D eigenvalue weighted by atomic mass is 35.5. The van der Waals surface area contributed by atoms with Crippen molar-refractivity contribution in [2.24, 2.45) is 11.7 Å². The van der Waals surface area contributed by atoms with Gasteiger partial charge in [-0.2, -0.15) is 0 Å². The minimum absolute atomic E-state index is 0.116. The molecule has 1 saturated heterocycles. The highest BCUT2D eigenvalue weighted by Gasteiger charge is 2.29. The smallest absolute Gasteiger partial charge is 0.222 e. The van der Waals surface area contributed by atoms with Gasteiger partial charge in [0.05, 0.1) is 5.92 Å². The van der Waals surface area contributed by atoms with Crippen molar-refractivity contribution in [3.05, 3.63) is 17.0 Å². The quantitative estimate of drug-likeness (QED) is 0.864. The first-order valence-electron chi connectivity index (χ1n) is 7.10. The van der Waals surface area contributed by atoms with E-state index in [9.17, 15) is 4.79 Å². The fraction of sp³-hybridized carbons (Fsp3) is 0.643. The summed E-state index contributed by atoms with van der Waals surface area (Å²) in [5.74, 6) is 1.20. The zero-order chi connectivity index (χ0) is 14.7. The van der Waals surface area contributed by atoms with E-state index in [0.29, 0.717) is 17.7 Å². The molecule has 0 radical (unpaired) electrons. The normalized spacial score (nSPS) is 22.9. The number of primary amides is 1. The van der Waals surface area contributed by atoms with Crippen LogP contribution in [0.3, 0.4) is 0 Å². The molecule has 2 atom stereocenters. The molecule has 1 amide bonds. The fourth-order valence-electron chi connectivity index (χ4n) is 2.59. The summed E-state index contributed by atoms with van der Waals surface area (Å²) in [6.45, 7) is 4.82. The molecule has 1 aliphatic heterocycles. The van der Waals surface area contributed by atoms with Gasteiger partial charge in [-0.15, -0.1) is 0 Å². The second-order valence-corrected chi connectivity index (χ2v) is 5.78. The van der Waals surface area contributed by atoms with Crippen LogP contribution in [-0.4, -0.2) is 28.5 Å². The number of nitrogens with two attached hydrogens (primary N) is 1. The van der Waals surface area contributed by atoms with E-state index in [2.05, 4.69) is 28.7 Å². The molecule has 0 spiro atoms. The lowest BCUT2D eigenvalue weighted by atomic mass is 9.93. The van der Waals surface area contributed by atoms with Gasteiger partial charge in [-0.25, -0.2) is 9.97 Å². The van der Waals surface area contributed by atoms with E-state index in [0.717, 1.165) is 37.3 Å². The largest absolute Gasteiger partial charge is 0.369 e. The average Bonchev–Trinajstić information content (AvgIpc) is 2.38. The zero-order valence-electron chi connectivity index (χ0n) is 12.0. The van der Waals surface area contributed by atoms with E-state index < -0.39 is 0 Å². The predicted octanol–water partition coefficient (Wildman–Crippen LogP) is 2.17. The molecular formula is C14H21ClN4O. The Kier molecular flexibility index (Phi) is 4.81. The number of rotatable bonds is 4. The molecule has 0 bridgehead atoms. The molecule has 5 nitrogen and oxygen atoms in total. The van der Waals surface area contributed by atoms with Crippen LogP contribution in [0.4, 0.5) is 5.82 Å². The number of nitrogens with zero attached hydrogens (tertiary/aromatic N) is 3. The van der Waals surface area contributed by atoms with Gasteiger partial charge < -0.3 is 10.6 Å². The molecule has 1 aromatic rings. The number of halogens is 1. The molecule has 2 heterocycles. The Hall–Kier alpha value is -1.36. The van der Waals surface area contributed by atoms with E-state index in [1.54, 1.807) is 6.07 Å². The maximum atomic E-state index is 11.4. The number of carbonyl (C=O) groups excluding carboxylic acids is 1. The van der Waals surface area contributed by atoms with Crippen LogP contribution in [0.15, 0.2) is 6.07 Å². The van der Waals surface area contributed by atoms with Gasteiger partial charge >= 0.3 is 0 Å². The van der Waals surface area contributed by atoms with Gasteiger partial charge in [-0.05, 0) is 26.2 Å². The van der Waals surface area contributed by atoms with Gasteiger partial charge in [0.25, 0.3) is 0 Å². The van der Waals surface area contributed by atoms with Gasteiger partial charge in [0.2, 0.25) is 5.91 Å². The highest BCUT2D eigenvalue weighted by Crippen LogP contribution is 2.27. The molecule has 0 aromatic carbocycles. The maximum absolute atomic E-state index is 11.4. The van der Waals surface area contributed by atoms with Crippen molar-refractivity contribution in [2.75, 3.05) is 11.4 Å². The third-order valence-electron chi connectivity index (χ3n) is 3.78. The van der Waals surface area contributed by atoms with E-state index in [1.165, 1.54) is 0 Å². The second kappa shape index (κ2) is 6.39. The van der Waals surface area contributed by atoms with Crippen LogP contribution < -0.4 is 10.6 Å². The summed E-state index contributed by atoms with van der Waals surface area (Å²) < 4.78 is 0. The number of carbonyl (C=O) groups is 1. The molecule has 1 aromatic heterocycles. The molecule has 2 rings (SSSR count). The van der Waals surface area contributed by atoms with Crippen molar-refractivity contribution in [3.8, 4) is 0 Å². The summed E-state index contributed by atoms with van der Waals surface area (Å²) in [6, 6.07) is 2.09. The van der Waals surface area contributed by atoms with Crippen molar-refractivity contribution in [3.63, 3.8) is 0 Å². The Morgan fingerprint density at radius 1 is 1.50 bits per heavy atom. The van der Waals surface area contributed by atoms with Gasteiger partial charge in [-0.3, -0.25) is 4.79 Å². The lowest BCUT2D eigenvalue weighted by Crippen LogP contribution is -2.46. The minimum atomic E-state index is -0.240. The van der Waals surface area contributed by atoms with Crippen molar-refractivity contribution < 1.29 is 4.79 Å². The molecule has 1 fully saturated rings. The van der Waals surface area contributed by atoms with Crippen molar-refractivity contribution in [2.45, 2.75) is 45.6 Å². The molecule has 6 heteroatoms. The number of amides is 1. The summed E-state index contributed by atoms with van der Waals surface area (Å²) in [5.41, 5.74) is 5.44. The molecule has 2 N–H and O–H groups in total. The summed E-state index contributed by atoms with van der Waals surface area (Å²) in [6.07, 6.45) is 3.54. The Morgan fingerprint density at radius 2 is 2.25 bits per heavy atom. The lowest BCUT2D eigenvalue weighted by Gasteiger charge is -2.37. The van der Waals surface area contributed by atoms with Crippen LogP contribution in [0.25, 0.3) is 0 Å². The molecule has 0 saturated carbocycles. The van der Waals surface area contributed by atoms with E-state index in [4.69, 9.17) is 17.3 Å². The van der Waals surface area contributed by atoms with E-state index in [1.807, 2.05) is 0 Å². The van der Waals surface area contributed by atoms with Crippen LogP contribution in [-0.2, 0) is 11.2 Å². The van der Waals surface area contributed by atoms with Crippen molar-refractivity contribution in [1.82, 2.24) is 9.97 Å². The third kappa shape index (κ3) is 3.39. The molecule has 110 valence electrons. The number of hydrogen-bond acceptors (Lipinski definition) is 4. The molecule has 20 heavy (non-hydrogen) atoms. The Labute approximate surface area is 124 Å². The standard InChI is InChI=1S/C14H21ClN4O/c1-3-4-12-17-11(15)7-13(18-12)19-8-10(14(16)20)6-5-9(19)2/h7,9-10H,3-6,8H2,1-2H3,(H2,16,20). The van der Waals surface area contributed by atoms with Crippen LogP contribution in [0, 0.1) is 5.92 Å². The van der Waals surface area contributed by atoms with Gasteiger partial charge in [0, 0.05) is 25.1 Å². The summed E-state index contributed by atoms with van der Waals surface area (Å²) >= 11 is 6.08. The van der Waals surface area contributed by atoms with Gasteiger partial charge in [-0.1, -0.05) is 18.5 Å². The summed E-state index contributed by atoms with van der Waals surface area (Å²) in [5, 5.41) is 0.451. The van der Waals surface area contributed by atoms with E-state index >= 15 is 0 Å². The maximum Gasteiger partial charge on any atom is 0.222 e. The van der Waals surface area contributed by atoms with E-state index in [-0.39, 0.29) is 11.8 Å². The highest BCUT2D eigenvalue weighted by molar-refractivity contribution is 6.29. The molecule has 0 aliphatic carbocycles. The average molecular weight is 297 g/mol. The number of aryl methyl sites for hydroxylation is 1. The van der Waals surface area contributed by atoms with Gasteiger partial charge in [0.15, 0.2) is 0 Å². The molecule has 1 aliphatic rings. The number of aromatic nitrogens is 2. The molecule has 2 unspecified atom stereocenters. The number of piperidine rings is 1. The van der Waals surface area contributed by atoms with Crippen molar-refractivity contribution in [1.29, 1.82) is 0 Å². The van der Waals surface area contributed by atoms with Crippen molar-refractivity contribution >= 4 is 23.3 Å². The van der Waals surface area contributed by atoms with Crippen LogP contribution in [0.2, 0.25) is 5.15 Å². The first kappa shape index (κ1) is 15.0. The molecular weight excluding hydrogens is 276 g/mol. The van der Waals surface area contributed by atoms with Crippen LogP contribution in [0.5, 0.6) is 0 Å². The number of hydrogen-bond donors (Lipinski definition) is 1. The Morgan fingerprint density at radius 3 is 2.90 bits per heavy atom. The number of anilines is 1. The summed E-state index contributed by atoms with van der Waals surface area (Å²) in [7, 11) is 0. The Balaban J connectivity index is 2.26. The van der Waals surface area contributed by atoms with Crippen LogP contribution in [0.1, 0.15) is 38.9 Å². The fourth-order valence-corrected chi connectivity index (χ4v) is 2.79. The second-order valence-electron chi connectivity index (χ2n) is 5.39. The first-order chi connectivity index (χ1) is 9.51. The predicted molar refractivity (Wildman–Crippen MR) is 79.8 cm³/mol. The zero-order valence-corrected chi connectivity index (χ0v) is 12.7. The lowest BCUT2D eigenvalue weighted by molar-refractivity contribution is -0.122. The first-order valence-corrected chi connectivity index (χ1v) is 7.48. The van der Waals surface area contributed by atoms with Gasteiger partial charge in [0.1, 0.15) is 16.8 Å². The monoisotopic (exact) mass is 296 g/mol.